The average molecular weight is 182 g/mol. The Hall–Kier alpha value is -0.550. The maximum Gasteiger partial charge on any atom is 0.104 e. The molecule has 1 aromatic rings. The first kappa shape index (κ1) is 9.54. The van der Waals surface area contributed by atoms with E-state index >= 15 is 0 Å². The third kappa shape index (κ3) is 2.83. The third-order valence-corrected chi connectivity index (χ3v) is 3.85. The van der Waals surface area contributed by atoms with Crippen LogP contribution in [0.5, 0.6) is 0 Å². The predicted octanol–water partition coefficient (Wildman–Crippen LogP) is 2.53. The molecule has 0 aliphatic heterocycles. The highest BCUT2D eigenvalue weighted by atomic mass is 31.1. The van der Waals surface area contributed by atoms with E-state index in [1.807, 2.05) is 30.3 Å². The summed E-state index contributed by atoms with van der Waals surface area (Å²) >= 11 is 0. The fourth-order valence-electron chi connectivity index (χ4n) is 1.11. The Labute approximate surface area is 74.6 Å². The summed E-state index contributed by atoms with van der Waals surface area (Å²) in [6, 6.07) is 9.73. The minimum absolute atomic E-state index is 0.525. The number of rotatable bonds is 3. The van der Waals surface area contributed by atoms with Gasteiger partial charge in [-0.05, 0) is 5.92 Å². The summed E-state index contributed by atoms with van der Waals surface area (Å²) in [5, 5.41) is 1.01. The van der Waals surface area contributed by atoms with Gasteiger partial charge in [-0.2, -0.15) is 0 Å². The van der Waals surface area contributed by atoms with Crippen molar-refractivity contribution in [3.8, 4) is 0 Å². The van der Waals surface area contributed by atoms with E-state index in [-0.39, 0.29) is 0 Å². The molecule has 1 aromatic carbocycles. The molecular formula is C10H15OP. The van der Waals surface area contributed by atoms with Crippen LogP contribution in [0.2, 0.25) is 0 Å². The topological polar surface area (TPSA) is 17.1 Å². The Morgan fingerprint density at radius 1 is 1.25 bits per heavy atom. The Kier molecular flexibility index (Phi) is 3.55. The first-order valence-electron chi connectivity index (χ1n) is 4.28. The molecule has 0 bridgehead atoms. The highest BCUT2D eigenvalue weighted by Gasteiger charge is 2.04. The van der Waals surface area contributed by atoms with Crippen LogP contribution in [0.15, 0.2) is 30.3 Å². The van der Waals surface area contributed by atoms with Crippen molar-refractivity contribution in [2.24, 2.45) is 5.92 Å². The van der Waals surface area contributed by atoms with E-state index in [1.165, 1.54) is 0 Å². The molecule has 0 N–H and O–H groups in total. The van der Waals surface area contributed by atoms with E-state index in [0.29, 0.717) is 5.92 Å². The highest BCUT2D eigenvalue weighted by molar-refractivity contribution is 7.53. The van der Waals surface area contributed by atoms with Gasteiger partial charge >= 0.3 is 0 Å². The summed E-state index contributed by atoms with van der Waals surface area (Å²) in [7, 11) is -1.52. The van der Waals surface area contributed by atoms with Crippen molar-refractivity contribution < 1.29 is 4.57 Å². The first-order valence-corrected chi connectivity index (χ1v) is 5.90. The summed E-state index contributed by atoms with van der Waals surface area (Å²) < 4.78 is 11.6. The third-order valence-electron chi connectivity index (χ3n) is 1.69. The van der Waals surface area contributed by atoms with Crippen LogP contribution in [0.4, 0.5) is 0 Å². The Balaban J connectivity index is 2.66. The van der Waals surface area contributed by atoms with Crippen molar-refractivity contribution in [1.82, 2.24) is 0 Å². The van der Waals surface area contributed by atoms with Crippen LogP contribution in [0.1, 0.15) is 13.8 Å². The van der Waals surface area contributed by atoms with Crippen molar-refractivity contribution >= 4 is 13.1 Å². The average Bonchev–Trinajstić information content (AvgIpc) is 2.05. The van der Waals surface area contributed by atoms with Crippen LogP contribution in [0.25, 0.3) is 0 Å². The van der Waals surface area contributed by atoms with Crippen LogP contribution < -0.4 is 5.30 Å². The second-order valence-electron chi connectivity index (χ2n) is 3.39. The van der Waals surface area contributed by atoms with E-state index in [4.69, 9.17) is 0 Å². The SMILES string of the molecule is CC(C)C[P@H](=O)c1ccccc1. The molecule has 1 rings (SSSR count). The fourth-order valence-corrected chi connectivity index (χ4v) is 2.65. The minimum Gasteiger partial charge on any atom is -0.322 e. The van der Waals surface area contributed by atoms with Gasteiger partial charge in [0.1, 0.15) is 7.80 Å². The van der Waals surface area contributed by atoms with Crippen LogP contribution in [-0.4, -0.2) is 6.16 Å². The normalized spacial score (nSPS) is 13.2. The van der Waals surface area contributed by atoms with Gasteiger partial charge in [0, 0.05) is 11.5 Å². The summed E-state index contributed by atoms with van der Waals surface area (Å²) in [5.74, 6) is 0.525. The molecule has 0 saturated heterocycles. The molecule has 0 fully saturated rings. The lowest BCUT2D eigenvalue weighted by molar-refractivity contribution is 0.585. The van der Waals surface area contributed by atoms with Crippen molar-refractivity contribution in [3.05, 3.63) is 30.3 Å². The Bertz CT molecular complexity index is 254. The lowest BCUT2D eigenvalue weighted by atomic mass is 10.3. The van der Waals surface area contributed by atoms with Crippen molar-refractivity contribution in [1.29, 1.82) is 0 Å². The molecule has 2 heteroatoms. The summed E-state index contributed by atoms with van der Waals surface area (Å²) in [4.78, 5) is 0. The molecule has 12 heavy (non-hydrogen) atoms. The van der Waals surface area contributed by atoms with Crippen LogP contribution in [0, 0.1) is 5.92 Å². The van der Waals surface area contributed by atoms with Crippen LogP contribution >= 0.6 is 7.80 Å². The molecule has 0 aliphatic carbocycles. The van der Waals surface area contributed by atoms with Gasteiger partial charge in [-0.1, -0.05) is 44.2 Å². The van der Waals surface area contributed by atoms with Crippen LogP contribution in [0.3, 0.4) is 0 Å². The van der Waals surface area contributed by atoms with E-state index in [9.17, 15) is 4.57 Å². The molecule has 1 atom stereocenters. The van der Waals surface area contributed by atoms with Gasteiger partial charge < -0.3 is 4.57 Å². The quantitative estimate of drug-likeness (QED) is 0.656. The fraction of sp³-hybridized carbons (Fsp3) is 0.400. The Morgan fingerprint density at radius 3 is 2.33 bits per heavy atom. The molecule has 0 aromatic heterocycles. The zero-order valence-electron chi connectivity index (χ0n) is 7.58. The smallest absolute Gasteiger partial charge is 0.104 e. The first-order chi connectivity index (χ1) is 5.70. The van der Waals surface area contributed by atoms with Gasteiger partial charge in [-0.15, -0.1) is 0 Å². The van der Waals surface area contributed by atoms with Crippen LogP contribution in [-0.2, 0) is 4.57 Å². The monoisotopic (exact) mass is 182 g/mol. The molecule has 0 heterocycles. The number of hydrogen-bond acceptors (Lipinski definition) is 1. The molecule has 0 radical (unpaired) electrons. The molecule has 66 valence electrons. The lowest BCUT2D eigenvalue weighted by Crippen LogP contribution is -2.00. The largest absolute Gasteiger partial charge is 0.322 e. The molecule has 1 nitrogen and oxygen atoms in total. The van der Waals surface area contributed by atoms with Crippen molar-refractivity contribution in [2.75, 3.05) is 6.16 Å². The number of benzene rings is 1. The second kappa shape index (κ2) is 4.47. The molecule has 0 saturated carbocycles. The predicted molar refractivity (Wildman–Crippen MR) is 54.8 cm³/mol. The molecular weight excluding hydrogens is 167 g/mol. The highest BCUT2D eigenvalue weighted by Crippen LogP contribution is 2.22. The number of hydrogen-bond donors (Lipinski definition) is 0. The zero-order chi connectivity index (χ0) is 8.97. The molecule has 0 unspecified atom stereocenters. The van der Waals surface area contributed by atoms with E-state index in [2.05, 4.69) is 13.8 Å². The van der Waals surface area contributed by atoms with Gasteiger partial charge in [0.05, 0.1) is 0 Å². The van der Waals surface area contributed by atoms with Gasteiger partial charge in [0.2, 0.25) is 0 Å². The van der Waals surface area contributed by atoms with E-state index in [1.54, 1.807) is 0 Å². The Morgan fingerprint density at radius 2 is 1.83 bits per heavy atom. The van der Waals surface area contributed by atoms with Gasteiger partial charge in [-0.25, -0.2) is 0 Å². The van der Waals surface area contributed by atoms with Gasteiger partial charge in [0.15, 0.2) is 0 Å². The van der Waals surface area contributed by atoms with Gasteiger partial charge in [0.25, 0.3) is 0 Å². The minimum atomic E-state index is -1.52. The summed E-state index contributed by atoms with van der Waals surface area (Å²) in [5.41, 5.74) is 0. The maximum atomic E-state index is 11.6. The summed E-state index contributed by atoms with van der Waals surface area (Å²) in [6.45, 7) is 4.21. The zero-order valence-corrected chi connectivity index (χ0v) is 8.58. The van der Waals surface area contributed by atoms with Gasteiger partial charge in [-0.3, -0.25) is 0 Å². The lowest BCUT2D eigenvalue weighted by Gasteiger charge is -2.04. The molecule has 0 amide bonds. The molecule has 0 spiro atoms. The maximum absolute atomic E-state index is 11.6. The van der Waals surface area contributed by atoms with Crippen molar-refractivity contribution in [3.63, 3.8) is 0 Å². The standard InChI is InChI=1S/C10H15OP/c1-9(2)8-12(11)10-6-4-3-5-7-10/h3-7,9,12H,8H2,1-2H3. The second-order valence-corrected chi connectivity index (χ2v) is 5.22. The van der Waals surface area contributed by atoms with E-state index in [0.717, 1.165) is 11.5 Å². The molecule has 0 aliphatic rings. The van der Waals surface area contributed by atoms with E-state index < -0.39 is 7.80 Å². The van der Waals surface area contributed by atoms with Crippen molar-refractivity contribution in [2.45, 2.75) is 13.8 Å². The summed E-state index contributed by atoms with van der Waals surface area (Å²) in [6.07, 6.45) is 0.828.